The molecule has 38 heavy (non-hydrogen) atoms. The lowest BCUT2D eigenvalue weighted by molar-refractivity contribution is -0.156. The van der Waals surface area contributed by atoms with E-state index < -0.39 is 5.60 Å². The van der Waals surface area contributed by atoms with Crippen LogP contribution >= 0.6 is 0 Å². The van der Waals surface area contributed by atoms with Crippen molar-refractivity contribution in [2.75, 3.05) is 84.5 Å². The summed E-state index contributed by atoms with van der Waals surface area (Å²) >= 11 is 0. The summed E-state index contributed by atoms with van der Waals surface area (Å²) < 4.78 is 37.5. The second-order valence-electron chi connectivity index (χ2n) is 9.39. The minimum atomic E-state index is -0.475. The van der Waals surface area contributed by atoms with Gasteiger partial charge in [-0.15, -0.1) is 0 Å². The van der Waals surface area contributed by atoms with Gasteiger partial charge in [0.2, 0.25) is 0 Å². The Balaban J connectivity index is 1.83. The molecule has 0 bridgehead atoms. The number of carbonyl (C=O) groups is 2. The predicted octanol–water partition coefficient (Wildman–Crippen LogP) is 3.87. The Bertz CT molecular complexity index is 735. The number of ether oxygens (including phenoxy) is 7. The van der Waals surface area contributed by atoms with Gasteiger partial charge in [-0.05, 0) is 51.5 Å². The molecule has 0 spiro atoms. The van der Waals surface area contributed by atoms with Crippen molar-refractivity contribution in [3.63, 3.8) is 0 Å². The van der Waals surface area contributed by atoms with E-state index >= 15 is 0 Å². The average Bonchev–Trinajstić information content (AvgIpc) is 2.87. The number of unbranched alkanes of at least 4 members (excludes halogenated alkanes) is 1. The molecule has 0 unspecified atom stereocenters. The fraction of sp³-hybridized carbons (Fsp3) is 0.714. The molecule has 0 fully saturated rings. The van der Waals surface area contributed by atoms with Crippen molar-refractivity contribution in [2.45, 2.75) is 52.6 Å². The summed E-state index contributed by atoms with van der Waals surface area (Å²) in [4.78, 5) is 23.6. The van der Waals surface area contributed by atoms with Crippen molar-refractivity contribution < 1.29 is 42.7 Å². The first-order valence-electron chi connectivity index (χ1n) is 13.4. The molecule has 0 radical (unpaired) electrons. The Kier molecular flexibility index (Phi) is 19.3. The highest BCUT2D eigenvalue weighted by atomic mass is 16.6. The van der Waals surface area contributed by atoms with Crippen LogP contribution in [0.15, 0.2) is 24.3 Å². The second kappa shape index (κ2) is 21.7. The van der Waals surface area contributed by atoms with Gasteiger partial charge in [0.15, 0.2) is 0 Å². The van der Waals surface area contributed by atoms with Crippen LogP contribution in [0.5, 0.6) is 0 Å². The molecule has 0 heterocycles. The first-order valence-corrected chi connectivity index (χ1v) is 13.4. The fourth-order valence-corrected chi connectivity index (χ4v) is 2.94. The minimum Gasteiger partial charge on any atom is -0.460 e. The number of hydrogen-bond donors (Lipinski definition) is 1. The van der Waals surface area contributed by atoms with Crippen LogP contribution in [0, 0.1) is 0 Å². The molecule has 0 aliphatic heterocycles. The van der Waals surface area contributed by atoms with Crippen LogP contribution in [0.25, 0.3) is 0 Å². The SMILES string of the molecule is CCCCNc1ccc(C(=O)OCCOCCOCCOCCOCCOCCC(=O)OC(C)(C)C)cc1. The molecular formula is C28H47NO9. The van der Waals surface area contributed by atoms with Gasteiger partial charge in [0, 0.05) is 12.2 Å². The number of rotatable bonds is 23. The summed E-state index contributed by atoms with van der Waals surface area (Å²) in [5.74, 6) is -0.633. The van der Waals surface area contributed by atoms with Crippen LogP contribution in [0.1, 0.15) is 57.3 Å². The van der Waals surface area contributed by atoms with Crippen molar-refractivity contribution in [3.05, 3.63) is 29.8 Å². The van der Waals surface area contributed by atoms with Gasteiger partial charge in [0.25, 0.3) is 0 Å². The lowest BCUT2D eigenvalue weighted by atomic mass is 10.2. The van der Waals surface area contributed by atoms with Gasteiger partial charge >= 0.3 is 11.9 Å². The standard InChI is InChI=1S/C28H47NO9/c1-5-6-12-29-25-9-7-24(8-10-25)27(31)37-23-22-36-21-20-35-19-18-34-17-16-33-15-14-32-13-11-26(30)38-28(2,3)4/h7-10,29H,5-6,11-23H2,1-4H3. The van der Waals surface area contributed by atoms with E-state index in [9.17, 15) is 9.59 Å². The quantitative estimate of drug-likeness (QED) is 0.162. The Morgan fingerprint density at radius 1 is 0.711 bits per heavy atom. The third kappa shape index (κ3) is 19.8. The normalized spacial score (nSPS) is 11.4. The molecule has 218 valence electrons. The van der Waals surface area contributed by atoms with Crippen molar-refractivity contribution in [2.24, 2.45) is 0 Å². The molecule has 10 heteroatoms. The van der Waals surface area contributed by atoms with Gasteiger partial charge in [-0.3, -0.25) is 4.79 Å². The molecule has 0 atom stereocenters. The zero-order chi connectivity index (χ0) is 27.9. The molecule has 1 rings (SSSR count). The summed E-state index contributed by atoms with van der Waals surface area (Å²) in [6.45, 7) is 12.9. The van der Waals surface area contributed by atoms with E-state index in [1.807, 2.05) is 32.9 Å². The third-order valence-corrected chi connectivity index (χ3v) is 4.80. The predicted molar refractivity (Wildman–Crippen MR) is 145 cm³/mol. The van der Waals surface area contributed by atoms with E-state index in [-0.39, 0.29) is 25.0 Å². The van der Waals surface area contributed by atoms with Crippen LogP contribution in [0.4, 0.5) is 5.69 Å². The molecule has 0 saturated carbocycles. The van der Waals surface area contributed by atoms with E-state index in [0.717, 1.165) is 25.1 Å². The first kappa shape index (κ1) is 33.8. The number of nitrogens with one attached hydrogen (secondary N) is 1. The molecule has 0 amide bonds. The minimum absolute atomic E-state index is 0.188. The van der Waals surface area contributed by atoms with Crippen LogP contribution < -0.4 is 5.32 Å². The smallest absolute Gasteiger partial charge is 0.338 e. The summed E-state index contributed by atoms with van der Waals surface area (Å²) in [6.07, 6.45) is 2.47. The van der Waals surface area contributed by atoms with Gasteiger partial charge in [0.1, 0.15) is 12.2 Å². The van der Waals surface area contributed by atoms with Gasteiger partial charge in [0.05, 0.1) is 78.1 Å². The lowest BCUT2D eigenvalue weighted by Gasteiger charge is -2.19. The lowest BCUT2D eigenvalue weighted by Crippen LogP contribution is -2.24. The van der Waals surface area contributed by atoms with Gasteiger partial charge in [-0.1, -0.05) is 13.3 Å². The maximum absolute atomic E-state index is 12.1. The number of anilines is 1. The van der Waals surface area contributed by atoms with Gasteiger partial charge < -0.3 is 38.5 Å². The Hall–Kier alpha value is -2.24. The maximum Gasteiger partial charge on any atom is 0.338 e. The van der Waals surface area contributed by atoms with Crippen molar-refractivity contribution >= 4 is 17.6 Å². The maximum atomic E-state index is 12.1. The van der Waals surface area contributed by atoms with E-state index in [1.54, 1.807) is 12.1 Å². The summed E-state index contributed by atoms with van der Waals surface area (Å²) in [5.41, 5.74) is 1.03. The van der Waals surface area contributed by atoms with E-state index in [2.05, 4.69) is 12.2 Å². The highest BCUT2D eigenvalue weighted by Crippen LogP contribution is 2.11. The van der Waals surface area contributed by atoms with Crippen LogP contribution in [-0.4, -0.2) is 96.8 Å². The molecule has 0 aromatic heterocycles. The Labute approximate surface area is 227 Å². The topological polar surface area (TPSA) is 111 Å². The van der Waals surface area contributed by atoms with Crippen LogP contribution in [0.3, 0.4) is 0 Å². The summed E-state index contributed by atoms with van der Waals surface area (Å²) in [5, 5.41) is 3.31. The average molecular weight is 542 g/mol. The third-order valence-electron chi connectivity index (χ3n) is 4.80. The van der Waals surface area contributed by atoms with Crippen LogP contribution in [-0.2, 0) is 38.0 Å². The molecule has 0 saturated heterocycles. The zero-order valence-corrected chi connectivity index (χ0v) is 23.6. The highest BCUT2D eigenvalue weighted by Gasteiger charge is 2.15. The second-order valence-corrected chi connectivity index (χ2v) is 9.39. The monoisotopic (exact) mass is 541 g/mol. The van der Waals surface area contributed by atoms with E-state index in [4.69, 9.17) is 33.2 Å². The molecule has 0 aliphatic carbocycles. The van der Waals surface area contributed by atoms with E-state index in [1.165, 1.54) is 0 Å². The first-order chi connectivity index (χ1) is 18.3. The van der Waals surface area contributed by atoms with Crippen molar-refractivity contribution in [1.82, 2.24) is 0 Å². The largest absolute Gasteiger partial charge is 0.460 e. The van der Waals surface area contributed by atoms with E-state index in [0.29, 0.717) is 71.6 Å². The number of benzene rings is 1. The molecule has 1 aromatic rings. The fourth-order valence-electron chi connectivity index (χ4n) is 2.94. The Morgan fingerprint density at radius 3 is 1.66 bits per heavy atom. The molecule has 1 aromatic carbocycles. The Morgan fingerprint density at radius 2 is 1.18 bits per heavy atom. The van der Waals surface area contributed by atoms with Gasteiger partial charge in [-0.25, -0.2) is 4.79 Å². The molecule has 1 N–H and O–H groups in total. The summed E-state index contributed by atoms with van der Waals surface area (Å²) in [7, 11) is 0. The molecule has 10 nitrogen and oxygen atoms in total. The van der Waals surface area contributed by atoms with Crippen molar-refractivity contribution in [3.8, 4) is 0 Å². The van der Waals surface area contributed by atoms with Crippen molar-refractivity contribution in [1.29, 1.82) is 0 Å². The number of carbonyl (C=O) groups excluding carboxylic acids is 2. The number of hydrogen-bond acceptors (Lipinski definition) is 10. The zero-order valence-electron chi connectivity index (χ0n) is 23.6. The number of esters is 2. The highest BCUT2D eigenvalue weighted by molar-refractivity contribution is 5.89. The van der Waals surface area contributed by atoms with Crippen LogP contribution in [0.2, 0.25) is 0 Å². The molecule has 0 aliphatic rings. The van der Waals surface area contributed by atoms with Gasteiger partial charge in [-0.2, -0.15) is 0 Å². The molecular weight excluding hydrogens is 494 g/mol. The summed E-state index contributed by atoms with van der Waals surface area (Å²) in [6, 6.07) is 7.27.